The van der Waals surface area contributed by atoms with E-state index in [0.717, 1.165) is 29.9 Å². The van der Waals surface area contributed by atoms with E-state index in [1.807, 2.05) is 6.08 Å². The summed E-state index contributed by atoms with van der Waals surface area (Å²) in [4.78, 5) is 0. The van der Waals surface area contributed by atoms with Crippen molar-refractivity contribution in [2.24, 2.45) is 17.8 Å². The van der Waals surface area contributed by atoms with Gasteiger partial charge in [-0.15, -0.1) is 0 Å². The predicted octanol–water partition coefficient (Wildman–Crippen LogP) is 4.78. The molecular formula is C20H26O2. The lowest BCUT2D eigenvalue weighted by Gasteiger charge is -2.57. The largest absolute Gasteiger partial charge is 0.516 e. The van der Waals surface area contributed by atoms with Gasteiger partial charge in [-0.2, -0.15) is 0 Å². The minimum Gasteiger partial charge on any atom is -0.516 e. The highest BCUT2D eigenvalue weighted by Gasteiger charge is 2.52. The molecule has 1 N–H and O–H groups in total. The first-order valence-electron chi connectivity index (χ1n) is 8.69. The molecule has 0 atom stereocenters. The number of hydrogen-bond acceptors (Lipinski definition) is 2. The van der Waals surface area contributed by atoms with Gasteiger partial charge >= 0.3 is 0 Å². The molecule has 2 nitrogen and oxygen atoms in total. The zero-order valence-corrected chi connectivity index (χ0v) is 13.4. The number of allylic oxidation sites excluding steroid dienone is 1. The molecule has 1 aromatic rings. The van der Waals surface area contributed by atoms with E-state index in [0.29, 0.717) is 5.41 Å². The van der Waals surface area contributed by atoms with Crippen LogP contribution in [0.3, 0.4) is 0 Å². The zero-order chi connectivity index (χ0) is 15.2. The summed E-state index contributed by atoms with van der Waals surface area (Å²) in [5.74, 6) is 3.80. The fourth-order valence-corrected chi connectivity index (χ4v) is 5.97. The summed E-state index contributed by atoms with van der Waals surface area (Å²) in [6.45, 7) is 0. The van der Waals surface area contributed by atoms with Gasteiger partial charge in [-0.3, -0.25) is 0 Å². The molecule has 1 aromatic carbocycles. The molecule has 118 valence electrons. The second-order valence-electron chi connectivity index (χ2n) is 7.81. The molecule has 4 aliphatic carbocycles. The van der Waals surface area contributed by atoms with Gasteiger partial charge in [-0.25, -0.2) is 0 Å². The summed E-state index contributed by atoms with van der Waals surface area (Å²) in [6, 6.07) is 6.55. The van der Waals surface area contributed by atoms with Crippen LogP contribution in [0.15, 0.2) is 30.5 Å². The maximum atomic E-state index is 9.05. The molecule has 22 heavy (non-hydrogen) atoms. The Morgan fingerprint density at radius 1 is 1.14 bits per heavy atom. The van der Waals surface area contributed by atoms with Crippen molar-refractivity contribution >= 4 is 0 Å². The molecule has 0 heterocycles. The molecule has 4 fully saturated rings. The van der Waals surface area contributed by atoms with Crippen molar-refractivity contribution in [1.29, 1.82) is 0 Å². The van der Waals surface area contributed by atoms with Crippen LogP contribution in [0.1, 0.15) is 49.7 Å². The van der Waals surface area contributed by atoms with Crippen LogP contribution in [-0.2, 0) is 11.8 Å². The Morgan fingerprint density at radius 2 is 1.77 bits per heavy atom. The number of ether oxygens (including phenoxy) is 1. The molecule has 4 saturated carbocycles. The predicted molar refractivity (Wildman–Crippen MR) is 88.3 cm³/mol. The zero-order valence-electron chi connectivity index (χ0n) is 13.4. The Labute approximate surface area is 133 Å². The van der Waals surface area contributed by atoms with Crippen molar-refractivity contribution in [3.63, 3.8) is 0 Å². The van der Waals surface area contributed by atoms with Gasteiger partial charge in [-0.05, 0) is 97.5 Å². The number of aliphatic hydroxyl groups is 1. The maximum absolute atomic E-state index is 9.05. The third kappa shape index (κ3) is 2.24. The Hall–Kier alpha value is -1.44. The van der Waals surface area contributed by atoms with E-state index in [-0.39, 0.29) is 0 Å². The number of methoxy groups -OCH3 is 1. The summed E-state index contributed by atoms with van der Waals surface area (Å²) in [7, 11) is 1.76. The van der Waals surface area contributed by atoms with Crippen molar-refractivity contribution < 1.29 is 9.84 Å². The fourth-order valence-electron chi connectivity index (χ4n) is 5.97. The van der Waals surface area contributed by atoms with Crippen LogP contribution in [0.4, 0.5) is 0 Å². The van der Waals surface area contributed by atoms with Crippen LogP contribution >= 0.6 is 0 Å². The van der Waals surface area contributed by atoms with Gasteiger partial charge in [0.25, 0.3) is 0 Å². The summed E-state index contributed by atoms with van der Waals surface area (Å²) in [5.41, 5.74) is 3.25. The topological polar surface area (TPSA) is 29.5 Å². The minimum atomic E-state index is 0.377. The van der Waals surface area contributed by atoms with E-state index in [1.165, 1.54) is 55.9 Å². The fraction of sp³-hybridized carbons (Fsp3) is 0.600. The van der Waals surface area contributed by atoms with Gasteiger partial charge in [-0.1, -0.05) is 6.07 Å². The lowest BCUT2D eigenvalue weighted by atomic mass is 9.47. The van der Waals surface area contributed by atoms with E-state index in [4.69, 9.17) is 9.84 Å². The third-order valence-corrected chi connectivity index (χ3v) is 6.37. The standard InChI is InChI=1S/C20H26O2/c1-22-18-5-4-17(3-2-6-21)19(10-18)20-11-14-7-15(12-20)9-16(8-14)13-20/h2,4-6,10,14-16,21H,3,7-9,11-13H2,1H3/b6-2+. The first-order valence-corrected chi connectivity index (χ1v) is 8.69. The van der Waals surface area contributed by atoms with Crippen molar-refractivity contribution in [3.05, 3.63) is 41.7 Å². The molecule has 0 aromatic heterocycles. The molecule has 0 radical (unpaired) electrons. The highest BCUT2D eigenvalue weighted by molar-refractivity contribution is 5.43. The second-order valence-corrected chi connectivity index (χ2v) is 7.81. The lowest BCUT2D eigenvalue weighted by Crippen LogP contribution is -2.48. The van der Waals surface area contributed by atoms with Gasteiger partial charge in [0.2, 0.25) is 0 Å². The Kier molecular flexibility index (Phi) is 3.43. The molecule has 2 heteroatoms. The van der Waals surface area contributed by atoms with Crippen LogP contribution in [0.25, 0.3) is 0 Å². The smallest absolute Gasteiger partial charge is 0.119 e. The van der Waals surface area contributed by atoms with Crippen LogP contribution in [0.5, 0.6) is 5.75 Å². The molecule has 4 bridgehead atoms. The van der Waals surface area contributed by atoms with Gasteiger partial charge in [0, 0.05) is 0 Å². The van der Waals surface area contributed by atoms with Crippen molar-refractivity contribution in [1.82, 2.24) is 0 Å². The van der Waals surface area contributed by atoms with Crippen LogP contribution in [0, 0.1) is 17.8 Å². The second kappa shape index (κ2) is 5.33. The molecule has 5 rings (SSSR count). The highest BCUT2D eigenvalue weighted by Crippen LogP contribution is 2.61. The number of aliphatic hydroxyl groups excluding tert-OH is 1. The molecule has 0 amide bonds. The molecule has 0 unspecified atom stereocenters. The van der Waals surface area contributed by atoms with Crippen LogP contribution in [0.2, 0.25) is 0 Å². The van der Waals surface area contributed by atoms with Crippen molar-refractivity contribution in [3.8, 4) is 5.75 Å². The quantitative estimate of drug-likeness (QED) is 0.811. The van der Waals surface area contributed by atoms with Gasteiger partial charge in [0.15, 0.2) is 0 Å². The van der Waals surface area contributed by atoms with E-state index in [1.54, 1.807) is 7.11 Å². The van der Waals surface area contributed by atoms with Crippen LogP contribution < -0.4 is 4.74 Å². The van der Waals surface area contributed by atoms with Crippen molar-refractivity contribution in [2.75, 3.05) is 7.11 Å². The molecule has 0 aliphatic heterocycles. The maximum Gasteiger partial charge on any atom is 0.119 e. The average molecular weight is 298 g/mol. The summed E-state index contributed by atoms with van der Waals surface area (Å²) >= 11 is 0. The monoisotopic (exact) mass is 298 g/mol. The number of hydrogen-bond donors (Lipinski definition) is 1. The molecular weight excluding hydrogens is 272 g/mol. The van der Waals surface area contributed by atoms with E-state index in [2.05, 4.69) is 18.2 Å². The lowest BCUT2D eigenvalue weighted by molar-refractivity contribution is -0.00561. The first kappa shape index (κ1) is 14.2. The summed E-state index contributed by atoms with van der Waals surface area (Å²) in [6.07, 6.45) is 12.3. The minimum absolute atomic E-state index is 0.377. The van der Waals surface area contributed by atoms with Crippen LogP contribution in [-0.4, -0.2) is 12.2 Å². The molecule has 4 aliphatic rings. The average Bonchev–Trinajstić information content (AvgIpc) is 2.51. The van der Waals surface area contributed by atoms with Crippen molar-refractivity contribution in [2.45, 2.75) is 50.4 Å². The Morgan fingerprint density at radius 3 is 2.32 bits per heavy atom. The highest BCUT2D eigenvalue weighted by atomic mass is 16.5. The Bertz CT molecular complexity index is 552. The normalized spacial score (nSPS) is 36.1. The van der Waals surface area contributed by atoms with E-state index < -0.39 is 0 Å². The van der Waals surface area contributed by atoms with Gasteiger partial charge in [0.1, 0.15) is 5.75 Å². The van der Waals surface area contributed by atoms with E-state index >= 15 is 0 Å². The molecule has 0 spiro atoms. The van der Waals surface area contributed by atoms with Gasteiger partial charge < -0.3 is 9.84 Å². The summed E-state index contributed by atoms with van der Waals surface area (Å²) in [5, 5.41) is 9.05. The number of rotatable bonds is 4. The Balaban J connectivity index is 1.76. The first-order chi connectivity index (χ1) is 10.7. The third-order valence-electron chi connectivity index (χ3n) is 6.37. The molecule has 0 saturated heterocycles. The number of benzene rings is 1. The SMILES string of the molecule is COc1ccc(C/C=C/O)c(C23CC4CC(CC(C4)C2)C3)c1. The van der Waals surface area contributed by atoms with E-state index in [9.17, 15) is 0 Å². The van der Waals surface area contributed by atoms with Gasteiger partial charge in [0.05, 0.1) is 13.4 Å². The summed E-state index contributed by atoms with van der Waals surface area (Å²) < 4.78 is 5.51.